The van der Waals surface area contributed by atoms with Crippen LogP contribution in [0.1, 0.15) is 11.1 Å². The number of nitrogens with zero attached hydrogens (tertiary/aromatic N) is 2. The Bertz CT molecular complexity index is 1590. The number of aromatic hydroxyl groups is 2. The molecule has 0 unspecified atom stereocenters. The average Bonchev–Trinajstić information content (AvgIpc) is 2.95. The summed E-state index contributed by atoms with van der Waals surface area (Å²) >= 11 is 0. The number of benzene rings is 4. The molecule has 4 N–H and O–H groups in total. The zero-order chi connectivity index (χ0) is 28.6. The van der Waals surface area contributed by atoms with Crippen molar-refractivity contribution < 1.29 is 30.0 Å². The molecule has 5 rings (SSSR count). The van der Waals surface area contributed by atoms with Gasteiger partial charge < -0.3 is 20.4 Å². The lowest BCUT2D eigenvalue weighted by molar-refractivity contribution is -0.120. The third kappa shape index (κ3) is 5.02. The van der Waals surface area contributed by atoms with Crippen LogP contribution in [0.2, 0.25) is 0 Å². The number of carbonyl (C=O) groups excluding carboxylic acids is 2. The quantitative estimate of drug-likeness (QED) is 0.237. The third-order valence-electron chi connectivity index (χ3n) is 7.29. The minimum Gasteiger partial charge on any atom is -0.508 e. The van der Waals surface area contributed by atoms with Crippen LogP contribution >= 0.6 is 0 Å². The Kier molecular flexibility index (Phi) is 7.30. The van der Waals surface area contributed by atoms with Crippen molar-refractivity contribution >= 4 is 33.1 Å². The van der Waals surface area contributed by atoms with E-state index in [-0.39, 0.29) is 48.8 Å². The van der Waals surface area contributed by atoms with Crippen LogP contribution < -0.4 is 0 Å². The Balaban J connectivity index is 1.33. The lowest BCUT2D eigenvalue weighted by Gasteiger charge is -2.25. The summed E-state index contributed by atoms with van der Waals surface area (Å²) in [5.74, 6) is -2.84. The molecule has 0 radical (unpaired) electrons. The first-order valence-corrected chi connectivity index (χ1v) is 12.9. The summed E-state index contributed by atoms with van der Waals surface area (Å²) in [7, 11) is 3.39. The molecule has 0 bridgehead atoms. The van der Waals surface area contributed by atoms with Crippen molar-refractivity contribution in [3.05, 3.63) is 107 Å². The first-order valence-electron chi connectivity index (χ1n) is 12.9. The number of ketones is 2. The van der Waals surface area contributed by atoms with E-state index in [0.717, 1.165) is 21.5 Å². The normalized spacial score (nSPS) is 14.4. The van der Waals surface area contributed by atoms with Gasteiger partial charge in [0.05, 0.1) is 11.1 Å². The van der Waals surface area contributed by atoms with Crippen LogP contribution in [0.5, 0.6) is 11.5 Å². The maximum absolute atomic E-state index is 13.1. The third-order valence-corrected chi connectivity index (χ3v) is 7.29. The van der Waals surface area contributed by atoms with Gasteiger partial charge in [-0.15, -0.1) is 0 Å². The van der Waals surface area contributed by atoms with E-state index in [9.17, 15) is 30.0 Å². The molecule has 1 aliphatic carbocycles. The number of Topliss-reactive ketones (excluding diaryl/α,β-unsaturated/α-hetero) is 2. The number of aliphatic hydroxyl groups is 2. The van der Waals surface area contributed by atoms with E-state index in [1.54, 1.807) is 36.0 Å². The molecule has 0 atom stereocenters. The summed E-state index contributed by atoms with van der Waals surface area (Å²) in [5.41, 5.74) is 0.883. The Hall–Kier alpha value is -4.66. The number of carbonyl (C=O) groups is 2. The molecule has 0 fully saturated rings. The number of hydrogen-bond acceptors (Lipinski definition) is 8. The van der Waals surface area contributed by atoms with Crippen molar-refractivity contribution in [1.29, 1.82) is 0 Å². The van der Waals surface area contributed by atoms with E-state index in [1.807, 2.05) is 60.7 Å². The van der Waals surface area contributed by atoms with Crippen LogP contribution in [-0.4, -0.2) is 69.0 Å². The van der Waals surface area contributed by atoms with Crippen molar-refractivity contribution in [3.8, 4) is 11.5 Å². The summed E-state index contributed by atoms with van der Waals surface area (Å²) < 4.78 is 0. The highest BCUT2D eigenvalue weighted by molar-refractivity contribution is 6.23. The molecule has 8 nitrogen and oxygen atoms in total. The molecule has 0 saturated carbocycles. The number of likely N-dealkylation sites (N-methyl/N-ethyl adjacent to an activating group) is 2. The van der Waals surface area contributed by atoms with Crippen LogP contribution in [0.15, 0.2) is 95.5 Å². The number of phenols is 2. The molecule has 8 heteroatoms. The zero-order valence-electron chi connectivity index (χ0n) is 22.3. The monoisotopic (exact) mass is 538 g/mol. The van der Waals surface area contributed by atoms with Crippen LogP contribution in [0.3, 0.4) is 0 Å². The molecule has 0 saturated heterocycles. The van der Waals surface area contributed by atoms with E-state index in [0.29, 0.717) is 11.1 Å². The topological polar surface area (TPSA) is 122 Å². The molecular weight excluding hydrogens is 508 g/mol. The first-order chi connectivity index (χ1) is 19.2. The molecular formula is C32H30N2O6. The molecule has 4 aromatic carbocycles. The Morgan fingerprint density at radius 3 is 1.30 bits per heavy atom. The van der Waals surface area contributed by atoms with Gasteiger partial charge in [0, 0.05) is 37.3 Å². The highest BCUT2D eigenvalue weighted by Crippen LogP contribution is 2.31. The Morgan fingerprint density at radius 1 is 0.525 bits per heavy atom. The van der Waals surface area contributed by atoms with Gasteiger partial charge in [0.1, 0.15) is 11.5 Å². The molecule has 0 amide bonds. The van der Waals surface area contributed by atoms with Gasteiger partial charge >= 0.3 is 0 Å². The van der Waals surface area contributed by atoms with Gasteiger partial charge in [0.15, 0.2) is 11.5 Å². The summed E-state index contributed by atoms with van der Waals surface area (Å²) in [6.07, 6.45) is 0. The van der Waals surface area contributed by atoms with Crippen LogP contribution in [0, 0.1) is 0 Å². The fourth-order valence-electron chi connectivity index (χ4n) is 5.24. The largest absolute Gasteiger partial charge is 0.508 e. The molecule has 4 aromatic rings. The second-order valence-electron chi connectivity index (χ2n) is 10.2. The predicted molar refractivity (Wildman–Crippen MR) is 153 cm³/mol. The molecule has 204 valence electrons. The lowest BCUT2D eigenvalue weighted by Crippen LogP contribution is -2.34. The minimum atomic E-state index is -0.817. The lowest BCUT2D eigenvalue weighted by atomic mass is 9.92. The van der Waals surface area contributed by atoms with Crippen LogP contribution in [-0.2, 0) is 22.7 Å². The van der Waals surface area contributed by atoms with Gasteiger partial charge in [-0.1, -0.05) is 60.7 Å². The number of aliphatic hydroxyl groups excluding tert-OH is 2. The zero-order valence-corrected chi connectivity index (χ0v) is 22.3. The van der Waals surface area contributed by atoms with E-state index in [1.165, 1.54) is 0 Å². The van der Waals surface area contributed by atoms with Gasteiger partial charge in [-0.3, -0.25) is 19.4 Å². The summed E-state index contributed by atoms with van der Waals surface area (Å²) in [6, 6.07) is 22.0. The van der Waals surface area contributed by atoms with Gasteiger partial charge in [0.2, 0.25) is 11.6 Å². The molecule has 0 spiro atoms. The van der Waals surface area contributed by atoms with Crippen LogP contribution in [0.4, 0.5) is 0 Å². The van der Waals surface area contributed by atoms with E-state index < -0.39 is 23.1 Å². The van der Waals surface area contributed by atoms with E-state index >= 15 is 0 Å². The second-order valence-corrected chi connectivity index (χ2v) is 10.2. The fourth-order valence-corrected chi connectivity index (χ4v) is 5.24. The maximum atomic E-state index is 13.1. The number of rotatable bonds is 8. The highest BCUT2D eigenvalue weighted by Gasteiger charge is 2.35. The number of fused-ring (bicyclic) bond motifs is 2. The molecule has 40 heavy (non-hydrogen) atoms. The maximum Gasteiger partial charge on any atom is 0.228 e. The van der Waals surface area contributed by atoms with Gasteiger partial charge in [-0.05, 0) is 47.8 Å². The SMILES string of the molecule is CN(CC1=C(O)C(=O)C(CN(C)Cc2c(O)ccc3ccccc23)=C(O)C1=O)Cc1c(O)ccc2ccccc12. The van der Waals surface area contributed by atoms with Crippen molar-refractivity contribution in [2.45, 2.75) is 13.1 Å². The highest BCUT2D eigenvalue weighted by atomic mass is 16.3. The predicted octanol–water partition coefficient (Wildman–Crippen LogP) is 4.74. The van der Waals surface area contributed by atoms with Crippen molar-refractivity contribution in [1.82, 2.24) is 9.80 Å². The van der Waals surface area contributed by atoms with Gasteiger partial charge in [-0.25, -0.2) is 0 Å². The summed E-state index contributed by atoms with van der Waals surface area (Å²) in [4.78, 5) is 29.6. The molecule has 1 aliphatic rings. The fraction of sp³-hybridized carbons (Fsp3) is 0.188. The summed E-state index contributed by atoms with van der Waals surface area (Å²) in [6.45, 7) is 0.242. The van der Waals surface area contributed by atoms with Crippen molar-refractivity contribution in [3.63, 3.8) is 0 Å². The minimum absolute atomic E-state index is 0.0973. The smallest absolute Gasteiger partial charge is 0.228 e. The van der Waals surface area contributed by atoms with Gasteiger partial charge in [-0.2, -0.15) is 0 Å². The second kappa shape index (κ2) is 10.8. The summed E-state index contributed by atoms with van der Waals surface area (Å²) in [5, 5.41) is 46.1. The average molecular weight is 539 g/mol. The molecule has 0 aromatic heterocycles. The van der Waals surface area contributed by atoms with Crippen LogP contribution in [0.25, 0.3) is 21.5 Å². The number of allylic oxidation sites excluding steroid dienone is 2. The Morgan fingerprint density at radius 2 is 0.900 bits per heavy atom. The van der Waals surface area contributed by atoms with E-state index in [4.69, 9.17) is 0 Å². The molecule has 0 heterocycles. The number of hydrogen-bond donors (Lipinski definition) is 4. The Labute approximate surface area is 231 Å². The van der Waals surface area contributed by atoms with Crippen molar-refractivity contribution in [2.24, 2.45) is 0 Å². The van der Waals surface area contributed by atoms with Gasteiger partial charge in [0.25, 0.3) is 0 Å². The van der Waals surface area contributed by atoms with E-state index in [2.05, 4.69) is 0 Å². The number of phenolic OH excluding ortho intramolecular Hbond substituents is 2. The first kappa shape index (κ1) is 26.9. The molecule has 0 aliphatic heterocycles. The van der Waals surface area contributed by atoms with Crippen molar-refractivity contribution in [2.75, 3.05) is 27.2 Å². The standard InChI is InChI=1S/C32H30N2O6/c1-33(15-23-21-9-5-3-7-19(21)11-13-27(23)35)17-25-29(37)31(39)26(32(40)30(25)38)18-34(2)16-24-22-10-6-4-8-20(22)12-14-28(24)36/h3-14,35-37,40H,15-18H2,1-2H3.